The maximum Gasteiger partial charge on any atom is 0.0931 e. The number of hydrogen-bond donors (Lipinski definition) is 1. The average Bonchev–Trinajstić information content (AvgIpc) is 2.67. The van der Waals surface area contributed by atoms with Gasteiger partial charge in [0.05, 0.1) is 10.4 Å². The molecular formula is C13H12Cl2OS. The lowest BCUT2D eigenvalue weighted by molar-refractivity contribution is 0.178. The van der Waals surface area contributed by atoms with E-state index in [4.69, 9.17) is 23.2 Å². The summed E-state index contributed by atoms with van der Waals surface area (Å²) in [7, 11) is 0. The van der Waals surface area contributed by atoms with E-state index in [9.17, 15) is 5.11 Å². The van der Waals surface area contributed by atoms with Gasteiger partial charge in [-0.05, 0) is 42.3 Å². The van der Waals surface area contributed by atoms with Crippen molar-refractivity contribution in [3.8, 4) is 0 Å². The number of aliphatic hydroxyl groups is 1. The molecule has 0 aliphatic carbocycles. The quantitative estimate of drug-likeness (QED) is 0.872. The molecule has 0 aliphatic heterocycles. The molecule has 2 aromatic rings. The van der Waals surface area contributed by atoms with Crippen molar-refractivity contribution >= 4 is 34.5 Å². The maximum atomic E-state index is 10.2. The van der Waals surface area contributed by atoms with Crippen molar-refractivity contribution < 1.29 is 5.11 Å². The van der Waals surface area contributed by atoms with Crippen LogP contribution in [0.25, 0.3) is 0 Å². The van der Waals surface area contributed by atoms with Crippen LogP contribution in [-0.2, 0) is 6.42 Å². The van der Waals surface area contributed by atoms with Crippen molar-refractivity contribution in [3.63, 3.8) is 0 Å². The summed E-state index contributed by atoms with van der Waals surface area (Å²) in [5.74, 6) is 0. The second-order valence-corrected chi connectivity index (χ2v) is 6.16. The molecule has 0 spiro atoms. The molecule has 0 amide bonds. The molecule has 0 radical (unpaired) electrons. The maximum absolute atomic E-state index is 10.2. The van der Waals surface area contributed by atoms with Crippen LogP contribution in [0.1, 0.15) is 22.1 Å². The molecule has 1 atom stereocenters. The first-order chi connectivity index (χ1) is 8.06. The first-order valence-electron chi connectivity index (χ1n) is 5.24. The normalized spacial score (nSPS) is 12.7. The molecular weight excluding hydrogens is 275 g/mol. The van der Waals surface area contributed by atoms with Crippen LogP contribution in [0.4, 0.5) is 0 Å². The minimum Gasteiger partial charge on any atom is -0.388 e. The van der Waals surface area contributed by atoms with Crippen molar-refractivity contribution in [2.75, 3.05) is 0 Å². The SMILES string of the molecule is Cc1ccc(Cl)cc1C(O)Cc1ccc(Cl)s1. The topological polar surface area (TPSA) is 20.2 Å². The van der Waals surface area contributed by atoms with E-state index < -0.39 is 6.10 Å². The summed E-state index contributed by atoms with van der Waals surface area (Å²) in [4.78, 5) is 1.07. The third-order valence-electron chi connectivity index (χ3n) is 2.62. The van der Waals surface area contributed by atoms with Gasteiger partial charge >= 0.3 is 0 Å². The molecule has 17 heavy (non-hydrogen) atoms. The first kappa shape index (κ1) is 12.9. The van der Waals surface area contributed by atoms with Crippen molar-refractivity contribution in [2.45, 2.75) is 19.4 Å². The summed E-state index contributed by atoms with van der Waals surface area (Å²) in [6.45, 7) is 1.97. The van der Waals surface area contributed by atoms with E-state index in [0.29, 0.717) is 11.4 Å². The average molecular weight is 287 g/mol. The Morgan fingerprint density at radius 1 is 1.24 bits per heavy atom. The summed E-state index contributed by atoms with van der Waals surface area (Å²) in [5.41, 5.74) is 1.92. The van der Waals surface area contributed by atoms with Gasteiger partial charge in [0.2, 0.25) is 0 Å². The van der Waals surface area contributed by atoms with Crippen LogP contribution in [-0.4, -0.2) is 5.11 Å². The molecule has 1 aromatic heterocycles. The zero-order valence-corrected chi connectivity index (χ0v) is 11.6. The third-order valence-corrected chi connectivity index (χ3v) is 4.11. The zero-order chi connectivity index (χ0) is 12.4. The molecule has 1 aromatic carbocycles. The Kier molecular flexibility index (Phi) is 4.10. The molecule has 1 N–H and O–H groups in total. The van der Waals surface area contributed by atoms with Gasteiger partial charge in [-0.2, -0.15) is 0 Å². The van der Waals surface area contributed by atoms with E-state index >= 15 is 0 Å². The van der Waals surface area contributed by atoms with Gasteiger partial charge in [-0.15, -0.1) is 11.3 Å². The van der Waals surface area contributed by atoms with Gasteiger partial charge in [-0.25, -0.2) is 0 Å². The Morgan fingerprint density at radius 2 is 2.00 bits per heavy atom. The highest BCUT2D eigenvalue weighted by Crippen LogP contribution is 2.29. The summed E-state index contributed by atoms with van der Waals surface area (Å²) in [6.07, 6.45) is 0.0295. The lowest BCUT2D eigenvalue weighted by atomic mass is 10.0. The van der Waals surface area contributed by atoms with E-state index in [0.717, 1.165) is 20.3 Å². The van der Waals surface area contributed by atoms with Crippen molar-refractivity contribution in [1.29, 1.82) is 0 Å². The number of aliphatic hydroxyl groups excluding tert-OH is 1. The Hall–Kier alpha value is -0.540. The summed E-state index contributed by atoms with van der Waals surface area (Å²) in [6, 6.07) is 9.35. The highest BCUT2D eigenvalue weighted by atomic mass is 35.5. The van der Waals surface area contributed by atoms with Crippen molar-refractivity contribution in [2.24, 2.45) is 0 Å². The Morgan fingerprint density at radius 3 is 2.65 bits per heavy atom. The fraction of sp³-hybridized carbons (Fsp3) is 0.231. The predicted molar refractivity (Wildman–Crippen MR) is 74.2 cm³/mol. The largest absolute Gasteiger partial charge is 0.388 e. The lowest BCUT2D eigenvalue weighted by Gasteiger charge is -2.13. The molecule has 0 fully saturated rings. The number of thiophene rings is 1. The molecule has 0 saturated carbocycles. The van der Waals surface area contributed by atoms with E-state index in [1.807, 2.05) is 37.3 Å². The monoisotopic (exact) mass is 286 g/mol. The van der Waals surface area contributed by atoms with Crippen LogP contribution < -0.4 is 0 Å². The van der Waals surface area contributed by atoms with E-state index in [1.165, 1.54) is 11.3 Å². The number of hydrogen-bond acceptors (Lipinski definition) is 2. The summed E-state index contributed by atoms with van der Waals surface area (Å²) < 4.78 is 0.745. The zero-order valence-electron chi connectivity index (χ0n) is 9.28. The highest BCUT2D eigenvalue weighted by Gasteiger charge is 2.13. The van der Waals surface area contributed by atoms with Gasteiger partial charge in [-0.3, -0.25) is 0 Å². The van der Waals surface area contributed by atoms with Crippen LogP contribution in [0.3, 0.4) is 0 Å². The molecule has 4 heteroatoms. The standard InChI is InChI=1S/C13H12Cl2OS/c1-8-2-3-9(14)6-11(8)12(16)7-10-4-5-13(15)17-10/h2-6,12,16H,7H2,1H3. The fourth-order valence-corrected chi connectivity index (χ4v) is 3.04. The summed E-state index contributed by atoms with van der Waals surface area (Å²) >= 11 is 13.3. The molecule has 90 valence electrons. The molecule has 1 heterocycles. The molecule has 0 bridgehead atoms. The van der Waals surface area contributed by atoms with E-state index in [1.54, 1.807) is 0 Å². The Labute approximate surface area is 115 Å². The van der Waals surface area contributed by atoms with Crippen molar-refractivity contribution in [3.05, 3.63) is 55.7 Å². The number of rotatable bonds is 3. The predicted octanol–water partition coefficient (Wildman–Crippen LogP) is 4.64. The van der Waals surface area contributed by atoms with Crippen LogP contribution in [0, 0.1) is 6.92 Å². The Balaban J connectivity index is 2.19. The molecule has 0 saturated heterocycles. The number of halogens is 2. The summed E-state index contributed by atoms with van der Waals surface area (Å²) in [5, 5.41) is 10.8. The van der Waals surface area contributed by atoms with Crippen LogP contribution in [0.15, 0.2) is 30.3 Å². The second-order valence-electron chi connectivity index (χ2n) is 3.93. The van der Waals surface area contributed by atoms with Gasteiger partial charge in [0, 0.05) is 16.3 Å². The van der Waals surface area contributed by atoms with Gasteiger partial charge in [0.15, 0.2) is 0 Å². The van der Waals surface area contributed by atoms with Crippen LogP contribution in [0.2, 0.25) is 9.36 Å². The van der Waals surface area contributed by atoms with Gasteiger partial charge in [0.1, 0.15) is 0 Å². The smallest absolute Gasteiger partial charge is 0.0931 e. The third kappa shape index (κ3) is 3.23. The second kappa shape index (κ2) is 5.40. The van der Waals surface area contributed by atoms with Crippen LogP contribution in [0.5, 0.6) is 0 Å². The number of aryl methyl sites for hydroxylation is 1. The number of benzene rings is 1. The van der Waals surface area contributed by atoms with Gasteiger partial charge in [-0.1, -0.05) is 29.3 Å². The minimum absolute atomic E-state index is 0.539. The van der Waals surface area contributed by atoms with Gasteiger partial charge in [0.25, 0.3) is 0 Å². The van der Waals surface area contributed by atoms with Crippen molar-refractivity contribution in [1.82, 2.24) is 0 Å². The van der Waals surface area contributed by atoms with Gasteiger partial charge < -0.3 is 5.11 Å². The lowest BCUT2D eigenvalue weighted by Crippen LogP contribution is -2.02. The van der Waals surface area contributed by atoms with Crippen LogP contribution >= 0.6 is 34.5 Å². The molecule has 1 unspecified atom stereocenters. The Bertz CT molecular complexity index is 522. The molecule has 1 nitrogen and oxygen atoms in total. The molecule has 2 rings (SSSR count). The highest BCUT2D eigenvalue weighted by molar-refractivity contribution is 7.16. The van der Waals surface area contributed by atoms with E-state index in [2.05, 4.69) is 0 Å². The first-order valence-corrected chi connectivity index (χ1v) is 6.82. The van der Waals surface area contributed by atoms with E-state index in [-0.39, 0.29) is 0 Å². The minimum atomic E-state index is -0.539. The molecule has 0 aliphatic rings. The fourth-order valence-electron chi connectivity index (χ4n) is 1.73.